The van der Waals surface area contributed by atoms with E-state index in [1.807, 2.05) is 20.8 Å². The van der Waals surface area contributed by atoms with Gasteiger partial charge in [-0.15, -0.1) is 0 Å². The van der Waals surface area contributed by atoms with Crippen molar-refractivity contribution in [2.45, 2.75) is 33.5 Å². The van der Waals surface area contributed by atoms with Gasteiger partial charge in [-0.25, -0.2) is 14.4 Å². The molecular formula is C49H46O15. The largest absolute Gasteiger partial charge is 0.519 e. The van der Waals surface area contributed by atoms with Crippen molar-refractivity contribution in [3.8, 4) is 79.7 Å². The van der Waals surface area contributed by atoms with Crippen molar-refractivity contribution >= 4 is 39.6 Å². The lowest BCUT2D eigenvalue weighted by atomic mass is 9.80. The normalized spacial score (nSPS) is 14.0. The molecule has 0 aromatic heterocycles. The fraction of sp³-hybridized carbons (Fsp3) is 0.286. The highest BCUT2D eigenvalue weighted by Gasteiger charge is 2.45. The van der Waals surface area contributed by atoms with Crippen molar-refractivity contribution in [2.24, 2.45) is 5.41 Å². The van der Waals surface area contributed by atoms with Gasteiger partial charge >= 0.3 is 18.1 Å². The second-order valence-electron chi connectivity index (χ2n) is 15.9. The molecule has 1 atom stereocenters. The molecule has 0 fully saturated rings. The van der Waals surface area contributed by atoms with Gasteiger partial charge in [0, 0.05) is 45.0 Å². The Morgan fingerprint density at radius 1 is 0.500 bits per heavy atom. The predicted octanol–water partition coefficient (Wildman–Crippen LogP) is 9.90. The summed E-state index contributed by atoms with van der Waals surface area (Å²) in [6.07, 6.45) is -2.11. The van der Waals surface area contributed by atoms with E-state index in [1.165, 1.54) is 56.9 Å². The summed E-state index contributed by atoms with van der Waals surface area (Å²) in [6, 6.07) is 17.1. The van der Waals surface area contributed by atoms with E-state index in [0.717, 1.165) is 0 Å². The van der Waals surface area contributed by atoms with Gasteiger partial charge < -0.3 is 56.8 Å². The maximum atomic E-state index is 14.7. The van der Waals surface area contributed by atoms with Gasteiger partial charge in [0.15, 0.2) is 23.0 Å². The van der Waals surface area contributed by atoms with Gasteiger partial charge in [0.2, 0.25) is 0 Å². The average Bonchev–Trinajstić information content (AvgIpc) is 3.86. The van der Waals surface area contributed by atoms with Crippen molar-refractivity contribution in [1.29, 1.82) is 0 Å². The zero-order valence-corrected chi connectivity index (χ0v) is 37.2. The molecule has 15 heteroatoms. The Kier molecular flexibility index (Phi) is 11.2. The molecule has 0 aliphatic carbocycles. The Labute approximate surface area is 368 Å². The average molecular weight is 875 g/mol. The minimum Gasteiger partial charge on any atom is -0.497 e. The highest BCUT2D eigenvalue weighted by molar-refractivity contribution is 6.16. The van der Waals surface area contributed by atoms with Gasteiger partial charge in [0.05, 0.1) is 73.6 Å². The molecule has 2 heterocycles. The van der Waals surface area contributed by atoms with Crippen molar-refractivity contribution in [3.63, 3.8) is 0 Å². The SMILES string of the molecule is COc1cc(OC)cc(-c2c3c(c(OC(=O)Oc4c5c(c(-c6cc(OC)cc(OC)c6)c6cc(OC)c(OC)cc46)C(=O)OC5C(C)(C)C)c4cc(OC)c(OC)cc24)COC3=O)c1. The van der Waals surface area contributed by atoms with Crippen LogP contribution >= 0.6 is 0 Å². The molecule has 332 valence electrons. The van der Waals surface area contributed by atoms with E-state index in [4.69, 9.17) is 56.8 Å². The van der Waals surface area contributed by atoms with E-state index in [0.29, 0.717) is 95.4 Å². The highest BCUT2D eigenvalue weighted by Crippen LogP contribution is 2.56. The third-order valence-electron chi connectivity index (χ3n) is 11.3. The molecule has 0 bridgehead atoms. The smallest absolute Gasteiger partial charge is 0.497 e. The number of hydrogen-bond donors (Lipinski definition) is 0. The van der Waals surface area contributed by atoms with Crippen LogP contribution < -0.4 is 47.4 Å². The number of methoxy groups -OCH3 is 8. The first-order valence-electron chi connectivity index (χ1n) is 20.0. The molecule has 2 aliphatic heterocycles. The topological polar surface area (TPSA) is 162 Å². The molecule has 0 N–H and O–H groups in total. The molecule has 6 aromatic rings. The highest BCUT2D eigenvalue weighted by atomic mass is 16.7. The Balaban J connectivity index is 1.39. The van der Waals surface area contributed by atoms with E-state index >= 15 is 0 Å². The Morgan fingerprint density at radius 2 is 0.906 bits per heavy atom. The molecule has 2 aliphatic rings. The van der Waals surface area contributed by atoms with Gasteiger partial charge in [-0.05, 0) is 70.4 Å². The predicted molar refractivity (Wildman–Crippen MR) is 235 cm³/mol. The second-order valence-corrected chi connectivity index (χ2v) is 15.9. The molecule has 0 radical (unpaired) electrons. The van der Waals surface area contributed by atoms with Gasteiger partial charge in [0.1, 0.15) is 47.2 Å². The number of carbonyl (C=O) groups excluding carboxylic acids is 3. The van der Waals surface area contributed by atoms with Gasteiger partial charge in [-0.1, -0.05) is 20.8 Å². The maximum Gasteiger partial charge on any atom is 0.519 e. The molecule has 8 rings (SSSR count). The first-order valence-corrected chi connectivity index (χ1v) is 20.0. The molecule has 0 saturated carbocycles. The van der Waals surface area contributed by atoms with Crippen molar-refractivity contribution in [3.05, 3.63) is 82.9 Å². The fourth-order valence-electron chi connectivity index (χ4n) is 8.42. The molecule has 0 amide bonds. The second kappa shape index (κ2) is 16.6. The number of cyclic esters (lactones) is 2. The number of carbonyl (C=O) groups is 3. The summed E-state index contributed by atoms with van der Waals surface area (Å²) in [6.45, 7) is 5.48. The summed E-state index contributed by atoms with van der Waals surface area (Å²) in [7, 11) is 12.0. The van der Waals surface area contributed by atoms with Crippen LogP contribution in [0, 0.1) is 5.41 Å². The lowest BCUT2D eigenvalue weighted by molar-refractivity contribution is 0.00729. The number of hydrogen-bond acceptors (Lipinski definition) is 15. The molecule has 6 aromatic carbocycles. The molecule has 1 unspecified atom stereocenters. The van der Waals surface area contributed by atoms with Crippen LogP contribution in [0.15, 0.2) is 60.7 Å². The summed E-state index contributed by atoms with van der Waals surface area (Å²) in [4.78, 5) is 42.8. The Hall–Kier alpha value is -7.55. The van der Waals surface area contributed by atoms with Gasteiger partial charge in [0.25, 0.3) is 0 Å². The number of benzene rings is 6. The van der Waals surface area contributed by atoms with Crippen LogP contribution in [0.2, 0.25) is 0 Å². The van der Waals surface area contributed by atoms with Crippen LogP contribution in [0.4, 0.5) is 4.79 Å². The summed E-state index contributed by atoms with van der Waals surface area (Å²) in [5.74, 6) is 1.81. The van der Waals surface area contributed by atoms with Crippen LogP contribution in [0.25, 0.3) is 43.8 Å². The Bertz CT molecular complexity index is 2860. The minimum atomic E-state index is -1.20. The molecule has 64 heavy (non-hydrogen) atoms. The van der Waals surface area contributed by atoms with E-state index in [9.17, 15) is 14.4 Å². The number of rotatable bonds is 12. The molecule has 0 spiro atoms. The summed E-state index contributed by atoms with van der Waals surface area (Å²) in [5, 5.41) is 1.61. The lowest BCUT2D eigenvalue weighted by Gasteiger charge is -2.28. The number of esters is 2. The molecule has 15 nitrogen and oxygen atoms in total. The van der Waals surface area contributed by atoms with E-state index < -0.39 is 29.6 Å². The lowest BCUT2D eigenvalue weighted by Crippen LogP contribution is -2.21. The van der Waals surface area contributed by atoms with Crippen LogP contribution in [-0.2, 0) is 16.1 Å². The third-order valence-corrected chi connectivity index (χ3v) is 11.3. The maximum absolute atomic E-state index is 14.7. The van der Waals surface area contributed by atoms with Gasteiger partial charge in [-0.2, -0.15) is 0 Å². The van der Waals surface area contributed by atoms with E-state index in [2.05, 4.69) is 0 Å². The van der Waals surface area contributed by atoms with Crippen LogP contribution in [0.1, 0.15) is 58.7 Å². The number of fused-ring (bicyclic) bond motifs is 4. The standard InChI is InChI=1S/C49H46O15/c1-49(2,3)45-42-41(47(51)64-45)39(24-14-27(55-6)17-28(15-24)56-7)30-19-35(58-9)37(60-11)21-32(30)44(42)63-48(52)62-43-31-20-36(59-10)34(57-8)18-29(31)38(40-33(43)22-61-46(40)50)23-12-25(53-4)16-26(13-23)54-5/h12-21,45H,22H2,1-11H3. The summed E-state index contributed by atoms with van der Waals surface area (Å²) < 4.78 is 69.8. The van der Waals surface area contributed by atoms with E-state index in [1.54, 1.807) is 60.7 Å². The van der Waals surface area contributed by atoms with Crippen molar-refractivity contribution < 1.29 is 71.2 Å². The first-order chi connectivity index (χ1) is 30.7. The minimum absolute atomic E-state index is 0.0204. The third kappa shape index (κ3) is 7.15. The van der Waals surface area contributed by atoms with Gasteiger partial charge in [-0.3, -0.25) is 0 Å². The van der Waals surface area contributed by atoms with E-state index in [-0.39, 0.29) is 34.8 Å². The number of ether oxygens (including phenoxy) is 12. The van der Waals surface area contributed by atoms with Crippen LogP contribution in [0.3, 0.4) is 0 Å². The first kappa shape index (κ1) is 43.1. The zero-order valence-electron chi connectivity index (χ0n) is 37.2. The zero-order chi connectivity index (χ0) is 45.8. The molecule has 0 saturated heterocycles. The van der Waals surface area contributed by atoms with Crippen molar-refractivity contribution in [1.82, 2.24) is 0 Å². The van der Waals surface area contributed by atoms with Crippen LogP contribution in [-0.4, -0.2) is 75.0 Å². The quantitative estimate of drug-likeness (QED) is 0.0843. The van der Waals surface area contributed by atoms with Crippen molar-refractivity contribution in [2.75, 3.05) is 56.9 Å². The summed E-state index contributed by atoms with van der Waals surface area (Å²) >= 11 is 0. The molecular weight excluding hydrogens is 829 g/mol. The fourth-order valence-corrected chi connectivity index (χ4v) is 8.42. The summed E-state index contributed by atoms with van der Waals surface area (Å²) in [5.41, 5.74) is 2.16. The monoisotopic (exact) mass is 874 g/mol. The van der Waals surface area contributed by atoms with Crippen LogP contribution in [0.5, 0.6) is 57.5 Å². The Morgan fingerprint density at radius 3 is 1.33 bits per heavy atom.